The van der Waals surface area contributed by atoms with Crippen LogP contribution in [0.5, 0.6) is 0 Å². The molecule has 2 amide bonds. The maximum atomic E-state index is 14.0. The second-order valence-corrected chi connectivity index (χ2v) is 14.8. The zero-order chi connectivity index (χ0) is 32.8. The molecule has 0 spiro atoms. The van der Waals surface area contributed by atoms with Gasteiger partial charge in [0.1, 0.15) is 17.7 Å². The van der Waals surface area contributed by atoms with E-state index in [9.17, 15) is 14.7 Å². The predicted molar refractivity (Wildman–Crippen MR) is 184 cm³/mol. The molecule has 0 unspecified atom stereocenters. The van der Waals surface area contributed by atoms with Crippen LogP contribution < -0.4 is 10.6 Å². The molecule has 2 saturated carbocycles. The van der Waals surface area contributed by atoms with Crippen LogP contribution in [0.2, 0.25) is 0 Å². The summed E-state index contributed by atoms with van der Waals surface area (Å²) in [6, 6.07) is 19.7. The summed E-state index contributed by atoms with van der Waals surface area (Å²) in [5.41, 5.74) is 6.30. The smallest absolute Gasteiger partial charge is 0.405 e. The molecular weight excluding hydrogens is 618 g/mol. The van der Waals surface area contributed by atoms with E-state index in [1.807, 2.05) is 11.1 Å². The van der Waals surface area contributed by atoms with Gasteiger partial charge in [-0.15, -0.1) is 0 Å². The van der Waals surface area contributed by atoms with Crippen LogP contribution >= 0.6 is 0 Å². The molecular formula is C38H39N7O4. The van der Waals surface area contributed by atoms with Crippen molar-refractivity contribution < 1.29 is 19.4 Å². The Morgan fingerprint density at radius 3 is 2.45 bits per heavy atom. The Labute approximate surface area is 282 Å². The minimum absolute atomic E-state index is 0.0770. The highest BCUT2D eigenvalue weighted by Crippen LogP contribution is 2.53. The number of ether oxygens (including phenoxy) is 1. The number of H-pyrrole nitrogens is 2. The van der Waals surface area contributed by atoms with Crippen LogP contribution in [-0.2, 0) is 9.53 Å². The van der Waals surface area contributed by atoms with Gasteiger partial charge >= 0.3 is 6.09 Å². The molecule has 3 aliphatic heterocycles. The van der Waals surface area contributed by atoms with E-state index in [1.165, 1.54) is 12.8 Å². The average Bonchev–Trinajstić information content (AvgIpc) is 3.70. The van der Waals surface area contributed by atoms with Crippen molar-refractivity contribution in [1.29, 1.82) is 0 Å². The minimum atomic E-state index is -1.17. The van der Waals surface area contributed by atoms with Gasteiger partial charge in [-0.05, 0) is 102 Å². The third-order valence-corrected chi connectivity index (χ3v) is 11.7. The van der Waals surface area contributed by atoms with Gasteiger partial charge in [0.05, 0.1) is 35.0 Å². The van der Waals surface area contributed by atoms with Gasteiger partial charge < -0.3 is 35.3 Å². The van der Waals surface area contributed by atoms with Crippen LogP contribution in [-0.4, -0.2) is 73.3 Å². The quantitative estimate of drug-likeness (QED) is 0.146. The third kappa shape index (κ3) is 5.18. The van der Waals surface area contributed by atoms with Crippen molar-refractivity contribution in [1.82, 2.24) is 35.5 Å². The number of likely N-dealkylation sites (tertiary alicyclic amines) is 1. The van der Waals surface area contributed by atoms with E-state index in [2.05, 4.69) is 75.2 Å². The summed E-state index contributed by atoms with van der Waals surface area (Å²) >= 11 is 0. The predicted octanol–water partition coefficient (Wildman–Crippen LogP) is 5.92. The van der Waals surface area contributed by atoms with Crippen molar-refractivity contribution in [2.75, 3.05) is 13.2 Å². The van der Waals surface area contributed by atoms with Gasteiger partial charge in [0, 0.05) is 30.9 Å². The van der Waals surface area contributed by atoms with Crippen molar-refractivity contribution >= 4 is 33.8 Å². The lowest BCUT2D eigenvalue weighted by molar-refractivity contribution is -0.138. The number of carboxylic acid groups (broad SMARTS) is 1. The van der Waals surface area contributed by atoms with E-state index in [4.69, 9.17) is 14.7 Å². The standard InChI is InChI=1S/C38H39N7O4/c46-37(34(44-38(47)48)19-7-9-49-10-8-19)45-32-16-26(32)17-33(45)36-39-18-31(43-36)24-4-3-20-11-21(1-2-22(20)12-24)23-5-6-27-29(13-23)42-35(41-27)30-15-25-14-28(25)40-30/h1-6,11-13,18-19,25-26,28,30,32-34,40,44H,7-10,14-17H2,(H,39,43)(H,41,42)(H,47,48)/t25-,26-,28-,30+,32-,33+,34+/m1/s1. The van der Waals surface area contributed by atoms with E-state index < -0.39 is 12.1 Å². The van der Waals surface area contributed by atoms with Gasteiger partial charge in [-0.2, -0.15) is 0 Å². The van der Waals surface area contributed by atoms with Crippen molar-refractivity contribution in [2.24, 2.45) is 17.8 Å². The Morgan fingerprint density at radius 2 is 1.65 bits per heavy atom. The van der Waals surface area contributed by atoms with Crippen molar-refractivity contribution in [3.8, 4) is 22.4 Å². The fourth-order valence-electron chi connectivity index (χ4n) is 8.89. The molecule has 5 aliphatic rings. The monoisotopic (exact) mass is 657 g/mol. The summed E-state index contributed by atoms with van der Waals surface area (Å²) < 4.78 is 5.49. The summed E-state index contributed by atoms with van der Waals surface area (Å²) in [5, 5.41) is 18.1. The minimum Gasteiger partial charge on any atom is -0.465 e. The first-order chi connectivity index (χ1) is 23.9. The number of rotatable bonds is 7. The van der Waals surface area contributed by atoms with Gasteiger partial charge in [0.2, 0.25) is 5.91 Å². The Kier molecular flexibility index (Phi) is 6.64. The van der Waals surface area contributed by atoms with Crippen molar-refractivity contribution in [2.45, 2.75) is 68.7 Å². The molecule has 3 saturated heterocycles. The van der Waals surface area contributed by atoms with Gasteiger partial charge in [-0.3, -0.25) is 4.79 Å². The molecule has 3 aromatic carbocycles. The highest BCUT2D eigenvalue weighted by Gasteiger charge is 2.56. The van der Waals surface area contributed by atoms with Crippen molar-refractivity contribution in [3.63, 3.8) is 0 Å². The molecule has 0 bridgehead atoms. The number of aromatic nitrogens is 4. The Hall–Kier alpha value is -4.74. The number of aromatic amines is 2. The second-order valence-electron chi connectivity index (χ2n) is 14.8. The van der Waals surface area contributed by atoms with E-state index >= 15 is 0 Å². The summed E-state index contributed by atoms with van der Waals surface area (Å²) in [4.78, 5) is 44.4. The molecule has 11 heteroatoms. The lowest BCUT2D eigenvalue weighted by Gasteiger charge is -2.35. The maximum absolute atomic E-state index is 14.0. The number of nitrogens with zero attached hydrogens (tertiary/aromatic N) is 3. The van der Waals surface area contributed by atoms with Crippen molar-refractivity contribution in [3.05, 3.63) is 72.4 Å². The SMILES string of the molecule is O=C(O)N[C@H](C(=O)N1[C@@H]2C[C@@H]2C[C@H]1c1ncc(-c2ccc3cc(-c4ccc5nc([C@@H]6C[C@H]7C[C@H]7N6)[nH]c5c4)ccc3c2)[nH]1)C1CCOCC1. The van der Waals surface area contributed by atoms with Crippen LogP contribution in [0.1, 0.15) is 62.3 Å². The van der Waals surface area contributed by atoms with Gasteiger partial charge in [0.25, 0.3) is 0 Å². The van der Waals surface area contributed by atoms with E-state index in [-0.39, 0.29) is 23.9 Å². The van der Waals surface area contributed by atoms with E-state index in [1.54, 1.807) is 0 Å². The first-order valence-corrected chi connectivity index (χ1v) is 17.7. The van der Waals surface area contributed by atoms with Crippen LogP contribution in [0, 0.1) is 17.8 Å². The average molecular weight is 658 g/mol. The summed E-state index contributed by atoms with van der Waals surface area (Å²) in [6.07, 6.45) is 6.29. The number of hydrogen-bond donors (Lipinski definition) is 5. The van der Waals surface area contributed by atoms with Gasteiger partial charge in [-0.1, -0.05) is 30.3 Å². The molecule has 5 N–H and O–H groups in total. The molecule has 5 heterocycles. The number of benzene rings is 3. The summed E-state index contributed by atoms with van der Waals surface area (Å²) in [7, 11) is 0. The number of nitrogens with one attached hydrogen (secondary N) is 4. The number of amides is 2. The second kappa shape index (κ2) is 11.1. The van der Waals surface area contributed by atoms with Crippen LogP contribution in [0.15, 0.2) is 60.8 Å². The Morgan fingerprint density at radius 1 is 0.878 bits per heavy atom. The molecule has 2 aromatic heterocycles. The van der Waals surface area contributed by atoms with E-state index in [0.29, 0.717) is 44.1 Å². The number of hydrogen-bond acceptors (Lipinski definition) is 6. The zero-order valence-corrected chi connectivity index (χ0v) is 27.1. The third-order valence-electron chi connectivity index (χ3n) is 11.7. The molecule has 5 fully saturated rings. The number of imidazole rings is 2. The topological polar surface area (TPSA) is 148 Å². The van der Waals surface area contributed by atoms with Gasteiger partial charge in [0.15, 0.2) is 0 Å². The van der Waals surface area contributed by atoms with Crippen LogP contribution in [0.25, 0.3) is 44.2 Å². The highest BCUT2D eigenvalue weighted by atomic mass is 16.5. The first-order valence-electron chi connectivity index (χ1n) is 17.7. The molecule has 5 aromatic rings. The fraction of sp³-hybridized carbons (Fsp3) is 0.421. The number of carbonyl (C=O) groups is 2. The zero-order valence-electron chi connectivity index (χ0n) is 27.1. The Balaban J connectivity index is 0.883. The first kappa shape index (κ1) is 29.2. The largest absolute Gasteiger partial charge is 0.465 e. The summed E-state index contributed by atoms with van der Waals surface area (Å²) in [5.74, 6) is 2.84. The molecule has 0 radical (unpaired) electrons. The Bertz CT molecular complexity index is 2110. The maximum Gasteiger partial charge on any atom is 0.405 e. The molecule has 11 nitrogen and oxygen atoms in total. The van der Waals surface area contributed by atoms with Crippen LogP contribution in [0.4, 0.5) is 4.79 Å². The summed E-state index contributed by atoms with van der Waals surface area (Å²) in [6.45, 7) is 1.08. The lowest BCUT2D eigenvalue weighted by Crippen LogP contribution is -2.53. The van der Waals surface area contributed by atoms with E-state index in [0.717, 1.165) is 74.6 Å². The number of fused-ring (bicyclic) bond motifs is 4. The molecule has 7 atom stereocenters. The molecule has 49 heavy (non-hydrogen) atoms. The molecule has 10 rings (SSSR count). The normalized spacial score (nSPS) is 28.0. The van der Waals surface area contributed by atoms with Gasteiger partial charge in [-0.25, -0.2) is 14.8 Å². The molecule has 250 valence electrons. The fourth-order valence-corrected chi connectivity index (χ4v) is 8.89. The molecule has 2 aliphatic carbocycles. The lowest BCUT2D eigenvalue weighted by atomic mass is 9.90. The van der Waals surface area contributed by atoms with Crippen LogP contribution in [0.3, 0.4) is 0 Å². The highest BCUT2D eigenvalue weighted by molar-refractivity contribution is 5.92. The number of piperidine rings is 2. The number of carbonyl (C=O) groups excluding carboxylic acids is 1.